The molecule has 2 heterocycles. The molecule has 0 aromatic carbocycles. The fourth-order valence-corrected chi connectivity index (χ4v) is 3.17. The fraction of sp³-hybridized carbons (Fsp3) is 0.909. The Labute approximate surface area is 89.8 Å². The summed E-state index contributed by atoms with van der Waals surface area (Å²) >= 11 is 0. The van der Waals surface area contributed by atoms with Crippen LogP contribution >= 0.6 is 0 Å². The number of carboxylic acid groups (broad SMARTS) is 1. The molecule has 0 aromatic rings. The average molecular weight is 210 g/mol. The van der Waals surface area contributed by atoms with Crippen molar-refractivity contribution < 1.29 is 9.90 Å². The Morgan fingerprint density at radius 3 is 2.73 bits per heavy atom. The van der Waals surface area contributed by atoms with Gasteiger partial charge >= 0.3 is 5.97 Å². The minimum atomic E-state index is -0.603. The van der Waals surface area contributed by atoms with Gasteiger partial charge < -0.3 is 5.11 Å². The molecule has 3 aliphatic rings. The highest BCUT2D eigenvalue weighted by molar-refractivity contribution is 5.74. The molecule has 4 heteroatoms. The van der Waals surface area contributed by atoms with E-state index in [-0.39, 0.29) is 5.92 Å². The normalized spacial score (nSPS) is 41.5. The minimum Gasteiger partial charge on any atom is -0.481 e. The second-order valence-electron chi connectivity index (χ2n) is 5.07. The van der Waals surface area contributed by atoms with E-state index in [0.29, 0.717) is 12.1 Å². The molecule has 0 radical (unpaired) electrons. The van der Waals surface area contributed by atoms with Crippen molar-refractivity contribution in [2.75, 3.05) is 26.2 Å². The second-order valence-corrected chi connectivity index (χ2v) is 5.07. The van der Waals surface area contributed by atoms with Gasteiger partial charge in [0.15, 0.2) is 0 Å². The fourth-order valence-electron chi connectivity index (χ4n) is 3.17. The van der Waals surface area contributed by atoms with E-state index in [1.54, 1.807) is 0 Å². The van der Waals surface area contributed by atoms with Crippen LogP contribution in [-0.4, -0.2) is 59.1 Å². The third-order valence-corrected chi connectivity index (χ3v) is 4.16. The highest BCUT2D eigenvalue weighted by atomic mass is 16.4. The molecule has 0 aromatic heterocycles. The third-order valence-electron chi connectivity index (χ3n) is 4.16. The van der Waals surface area contributed by atoms with Crippen molar-refractivity contribution in [2.24, 2.45) is 5.92 Å². The smallest absolute Gasteiger partial charge is 0.308 e. The molecule has 0 spiro atoms. The highest BCUT2D eigenvalue weighted by Crippen LogP contribution is 2.37. The number of carbonyl (C=O) groups is 1. The van der Waals surface area contributed by atoms with E-state index in [1.807, 2.05) is 0 Å². The Morgan fingerprint density at radius 2 is 2.00 bits per heavy atom. The first-order chi connectivity index (χ1) is 7.25. The number of rotatable bonds is 2. The van der Waals surface area contributed by atoms with Crippen LogP contribution in [0.15, 0.2) is 0 Å². The van der Waals surface area contributed by atoms with Crippen molar-refractivity contribution in [2.45, 2.75) is 31.3 Å². The Morgan fingerprint density at radius 1 is 1.20 bits per heavy atom. The lowest BCUT2D eigenvalue weighted by Crippen LogP contribution is -2.51. The van der Waals surface area contributed by atoms with Gasteiger partial charge in [-0.05, 0) is 25.8 Å². The van der Waals surface area contributed by atoms with Gasteiger partial charge in [0.05, 0.1) is 5.92 Å². The summed E-state index contributed by atoms with van der Waals surface area (Å²) in [5.74, 6) is -0.674. The molecule has 3 fully saturated rings. The maximum atomic E-state index is 10.8. The Hall–Kier alpha value is -0.610. The first-order valence-corrected chi connectivity index (χ1v) is 5.96. The summed E-state index contributed by atoms with van der Waals surface area (Å²) in [6, 6.07) is 1.07. The van der Waals surface area contributed by atoms with Crippen LogP contribution in [-0.2, 0) is 4.79 Å². The van der Waals surface area contributed by atoms with Crippen LogP contribution in [0.4, 0.5) is 0 Å². The number of piperazine rings is 1. The molecule has 84 valence electrons. The first kappa shape index (κ1) is 9.60. The summed E-state index contributed by atoms with van der Waals surface area (Å²) in [6.07, 6.45) is 3.51. The molecule has 3 rings (SSSR count). The summed E-state index contributed by atoms with van der Waals surface area (Å²) in [5.41, 5.74) is 0. The van der Waals surface area contributed by atoms with Crippen LogP contribution in [0, 0.1) is 5.92 Å². The van der Waals surface area contributed by atoms with Crippen molar-refractivity contribution in [3.05, 3.63) is 0 Å². The van der Waals surface area contributed by atoms with Crippen molar-refractivity contribution in [3.63, 3.8) is 0 Å². The zero-order chi connectivity index (χ0) is 10.4. The van der Waals surface area contributed by atoms with Crippen LogP contribution in [0.25, 0.3) is 0 Å². The van der Waals surface area contributed by atoms with Crippen LogP contribution < -0.4 is 0 Å². The molecule has 15 heavy (non-hydrogen) atoms. The maximum absolute atomic E-state index is 10.8. The topological polar surface area (TPSA) is 43.8 Å². The van der Waals surface area contributed by atoms with E-state index >= 15 is 0 Å². The standard InChI is InChI=1S/C11H18N2O2/c14-11(15)9-6-10(9)13-5-4-12-3-1-2-8(12)7-13/h8-10H,1-7H2,(H,14,15). The second kappa shape index (κ2) is 3.46. The number of hydrogen-bond acceptors (Lipinski definition) is 3. The molecule has 0 bridgehead atoms. The van der Waals surface area contributed by atoms with Gasteiger partial charge in [0, 0.05) is 31.7 Å². The lowest BCUT2D eigenvalue weighted by Gasteiger charge is -2.37. The van der Waals surface area contributed by atoms with Gasteiger partial charge in [-0.1, -0.05) is 0 Å². The first-order valence-electron chi connectivity index (χ1n) is 5.96. The zero-order valence-corrected chi connectivity index (χ0v) is 8.93. The summed E-state index contributed by atoms with van der Waals surface area (Å²) in [4.78, 5) is 15.8. The van der Waals surface area contributed by atoms with Gasteiger partial charge in [0.2, 0.25) is 0 Å². The van der Waals surface area contributed by atoms with E-state index in [9.17, 15) is 4.79 Å². The van der Waals surface area contributed by atoms with Gasteiger partial charge in [0.25, 0.3) is 0 Å². The van der Waals surface area contributed by atoms with E-state index in [2.05, 4.69) is 9.80 Å². The minimum absolute atomic E-state index is 0.0713. The molecular formula is C11H18N2O2. The van der Waals surface area contributed by atoms with E-state index in [1.165, 1.54) is 19.4 Å². The highest BCUT2D eigenvalue weighted by Gasteiger charge is 2.48. The van der Waals surface area contributed by atoms with E-state index in [4.69, 9.17) is 5.11 Å². The molecule has 1 saturated carbocycles. The number of fused-ring (bicyclic) bond motifs is 1. The predicted molar refractivity (Wildman–Crippen MR) is 55.7 cm³/mol. The summed E-state index contributed by atoms with van der Waals surface area (Å²) in [6.45, 7) is 4.58. The van der Waals surface area contributed by atoms with Gasteiger partial charge in [-0.15, -0.1) is 0 Å². The van der Waals surface area contributed by atoms with Gasteiger partial charge in [-0.25, -0.2) is 0 Å². The number of hydrogen-bond donors (Lipinski definition) is 1. The number of aliphatic carboxylic acids is 1. The lowest BCUT2D eigenvalue weighted by molar-refractivity contribution is -0.139. The Kier molecular flexibility index (Phi) is 2.21. The van der Waals surface area contributed by atoms with Crippen LogP contribution in [0.2, 0.25) is 0 Å². The van der Waals surface area contributed by atoms with Crippen molar-refractivity contribution in [1.29, 1.82) is 0 Å². The monoisotopic (exact) mass is 210 g/mol. The number of carboxylic acids is 1. The van der Waals surface area contributed by atoms with Crippen LogP contribution in [0.5, 0.6) is 0 Å². The summed E-state index contributed by atoms with van der Waals surface area (Å²) in [7, 11) is 0. The van der Waals surface area contributed by atoms with Crippen molar-refractivity contribution in [3.8, 4) is 0 Å². The maximum Gasteiger partial charge on any atom is 0.308 e. The molecule has 1 aliphatic carbocycles. The van der Waals surface area contributed by atoms with Crippen molar-refractivity contribution in [1.82, 2.24) is 9.80 Å². The summed E-state index contributed by atoms with van der Waals surface area (Å²) < 4.78 is 0. The van der Waals surface area contributed by atoms with E-state index in [0.717, 1.165) is 26.1 Å². The lowest BCUT2D eigenvalue weighted by atomic mass is 10.1. The third kappa shape index (κ3) is 1.66. The Balaban J connectivity index is 1.58. The molecule has 4 nitrogen and oxygen atoms in total. The molecule has 2 aliphatic heterocycles. The van der Waals surface area contributed by atoms with Gasteiger partial charge in [-0.3, -0.25) is 14.6 Å². The Bertz CT molecular complexity index is 282. The van der Waals surface area contributed by atoms with Crippen LogP contribution in [0.3, 0.4) is 0 Å². The SMILES string of the molecule is O=C(O)C1CC1N1CCN2CCCC2C1. The van der Waals surface area contributed by atoms with Crippen molar-refractivity contribution >= 4 is 5.97 Å². The van der Waals surface area contributed by atoms with Gasteiger partial charge in [-0.2, -0.15) is 0 Å². The molecule has 2 saturated heterocycles. The van der Waals surface area contributed by atoms with E-state index < -0.39 is 5.97 Å². The predicted octanol–water partition coefficient (Wildman–Crippen LogP) is 0.240. The largest absolute Gasteiger partial charge is 0.481 e. The zero-order valence-electron chi connectivity index (χ0n) is 8.93. The quantitative estimate of drug-likeness (QED) is 0.709. The summed E-state index contributed by atoms with van der Waals surface area (Å²) in [5, 5.41) is 8.90. The van der Waals surface area contributed by atoms with Gasteiger partial charge in [0.1, 0.15) is 0 Å². The average Bonchev–Trinajstić information content (AvgIpc) is 2.89. The van der Waals surface area contributed by atoms with Crippen LogP contribution in [0.1, 0.15) is 19.3 Å². The molecular weight excluding hydrogens is 192 g/mol. The molecule has 3 atom stereocenters. The molecule has 0 amide bonds. The number of nitrogens with zero attached hydrogens (tertiary/aromatic N) is 2. The molecule has 1 N–H and O–H groups in total. The molecule has 3 unspecified atom stereocenters.